The molecule has 0 unspecified atom stereocenters. The number of benzene rings is 1. The summed E-state index contributed by atoms with van der Waals surface area (Å²) in [5.74, 6) is -1.60. The van der Waals surface area contributed by atoms with Crippen molar-refractivity contribution in [3.8, 4) is 5.75 Å². The van der Waals surface area contributed by atoms with Gasteiger partial charge in [0.25, 0.3) is 0 Å². The van der Waals surface area contributed by atoms with Gasteiger partial charge < -0.3 is 9.94 Å². The van der Waals surface area contributed by atoms with E-state index in [0.717, 1.165) is 0 Å². The van der Waals surface area contributed by atoms with Crippen LogP contribution in [0.15, 0.2) is 36.6 Å². The molecule has 1 aromatic carbocycles. The summed E-state index contributed by atoms with van der Waals surface area (Å²) in [6, 6.07) is 5.85. The van der Waals surface area contributed by atoms with Crippen molar-refractivity contribution in [3.05, 3.63) is 42.2 Å². The van der Waals surface area contributed by atoms with Crippen LogP contribution in [-0.4, -0.2) is 22.2 Å². The van der Waals surface area contributed by atoms with Gasteiger partial charge in [-0.3, -0.25) is 9.63 Å². The first-order chi connectivity index (χ1) is 8.18. The van der Waals surface area contributed by atoms with Crippen LogP contribution in [0.2, 0.25) is 0 Å². The summed E-state index contributed by atoms with van der Waals surface area (Å²) >= 11 is 0. The van der Waals surface area contributed by atoms with Crippen molar-refractivity contribution < 1.29 is 24.4 Å². The van der Waals surface area contributed by atoms with E-state index in [4.69, 9.17) is 4.84 Å². The zero-order chi connectivity index (χ0) is 12.3. The lowest BCUT2D eigenvalue weighted by molar-refractivity contribution is -0.287. The molecule has 0 bridgehead atoms. The van der Waals surface area contributed by atoms with E-state index in [0.29, 0.717) is 5.23 Å². The summed E-state index contributed by atoms with van der Waals surface area (Å²) in [4.78, 5) is 32.2. The number of rotatable bonds is 2. The maximum absolute atomic E-state index is 11.6. The number of hydrogen-bond acceptors (Lipinski definition) is 5. The van der Waals surface area contributed by atoms with E-state index >= 15 is 0 Å². The monoisotopic (exact) mass is 235 g/mol. The molecule has 0 fully saturated rings. The molecule has 0 aromatic heterocycles. The van der Waals surface area contributed by atoms with Crippen LogP contribution in [0.1, 0.15) is 16.8 Å². The average Bonchev–Trinajstić information content (AvgIpc) is 2.32. The molecule has 6 heteroatoms. The van der Waals surface area contributed by atoms with Crippen LogP contribution >= 0.6 is 0 Å². The van der Waals surface area contributed by atoms with E-state index in [9.17, 15) is 14.7 Å². The number of para-hydroxylation sites is 1. The van der Waals surface area contributed by atoms with Gasteiger partial charge in [-0.2, -0.15) is 0 Å². The molecule has 88 valence electrons. The van der Waals surface area contributed by atoms with Gasteiger partial charge in [0.05, 0.1) is 6.42 Å². The molecule has 6 nitrogen and oxygen atoms in total. The predicted molar refractivity (Wildman–Crippen MR) is 55.2 cm³/mol. The van der Waals surface area contributed by atoms with Crippen molar-refractivity contribution in [2.45, 2.75) is 6.42 Å². The molecule has 0 saturated heterocycles. The van der Waals surface area contributed by atoms with E-state index in [1.807, 2.05) is 0 Å². The molecular formula is C11H9NO5. The smallest absolute Gasteiger partial charge is 0.371 e. The number of hydrogen-bond donors (Lipinski definition) is 1. The Morgan fingerprint density at radius 1 is 1.41 bits per heavy atom. The molecule has 0 spiro atoms. The molecule has 1 aliphatic heterocycles. The summed E-state index contributed by atoms with van der Waals surface area (Å²) in [5.41, 5.74) is -0.0431. The number of phenolic OH excluding ortho intramolecular Hbond substituents is 1. The SMILES string of the molecule is O=C(ON1OC=CCC1=O)c1ccccc1O. The lowest BCUT2D eigenvalue weighted by atomic mass is 10.2. The van der Waals surface area contributed by atoms with Crippen molar-refractivity contribution in [1.82, 2.24) is 5.23 Å². The third-order valence-electron chi connectivity index (χ3n) is 2.04. The number of carbonyl (C=O) groups is 2. The van der Waals surface area contributed by atoms with Crippen LogP contribution in [-0.2, 0) is 14.5 Å². The summed E-state index contributed by atoms with van der Waals surface area (Å²) < 4.78 is 0. The fraction of sp³-hybridized carbons (Fsp3) is 0.0909. The standard InChI is InChI=1S/C11H9NO5/c13-9-5-2-1-4-8(9)11(15)17-12-10(14)6-3-7-16-12/h1-5,7,13H,6H2. The van der Waals surface area contributed by atoms with Gasteiger partial charge in [-0.15, -0.1) is 0 Å². The Morgan fingerprint density at radius 3 is 2.88 bits per heavy atom. The Hall–Kier alpha value is -2.50. The van der Waals surface area contributed by atoms with E-state index < -0.39 is 11.9 Å². The number of hydroxylamine groups is 2. The van der Waals surface area contributed by atoms with E-state index in [1.54, 1.807) is 12.1 Å². The Morgan fingerprint density at radius 2 is 2.18 bits per heavy atom. The van der Waals surface area contributed by atoms with Crippen LogP contribution in [0.3, 0.4) is 0 Å². The lowest BCUT2D eigenvalue weighted by Crippen LogP contribution is -2.33. The van der Waals surface area contributed by atoms with Gasteiger partial charge in [0.2, 0.25) is 0 Å². The second kappa shape index (κ2) is 4.56. The van der Waals surface area contributed by atoms with Gasteiger partial charge >= 0.3 is 11.9 Å². The molecule has 1 amide bonds. The minimum absolute atomic E-state index is 0.0431. The summed E-state index contributed by atoms with van der Waals surface area (Å²) in [7, 11) is 0. The van der Waals surface area contributed by atoms with Gasteiger partial charge in [-0.05, 0) is 18.2 Å². The molecule has 1 aromatic rings. The van der Waals surface area contributed by atoms with Gasteiger partial charge in [-0.1, -0.05) is 12.1 Å². The number of phenols is 1. The largest absolute Gasteiger partial charge is 0.507 e. The Balaban J connectivity index is 2.09. The number of nitrogens with zero attached hydrogens (tertiary/aromatic N) is 1. The normalized spacial score (nSPS) is 14.4. The van der Waals surface area contributed by atoms with E-state index in [2.05, 4.69) is 4.84 Å². The van der Waals surface area contributed by atoms with E-state index in [-0.39, 0.29) is 17.7 Å². The molecular weight excluding hydrogens is 226 g/mol. The highest BCUT2D eigenvalue weighted by atomic mass is 17.0. The van der Waals surface area contributed by atoms with Crippen LogP contribution in [0.5, 0.6) is 5.75 Å². The van der Waals surface area contributed by atoms with Crippen molar-refractivity contribution >= 4 is 11.9 Å². The first-order valence-electron chi connectivity index (χ1n) is 4.83. The van der Waals surface area contributed by atoms with Crippen molar-refractivity contribution in [2.75, 3.05) is 0 Å². The number of aromatic hydroxyl groups is 1. The Bertz CT molecular complexity index is 483. The Labute approximate surface area is 96.6 Å². The van der Waals surface area contributed by atoms with Crippen molar-refractivity contribution in [2.24, 2.45) is 0 Å². The fourth-order valence-corrected chi connectivity index (χ4v) is 1.22. The molecule has 0 atom stereocenters. The molecule has 1 aliphatic rings. The third kappa shape index (κ3) is 2.36. The summed E-state index contributed by atoms with van der Waals surface area (Å²) in [6.07, 6.45) is 2.82. The predicted octanol–water partition coefficient (Wildman–Crippen LogP) is 1.14. The molecule has 2 rings (SSSR count). The lowest BCUT2D eigenvalue weighted by Gasteiger charge is -2.20. The Kier molecular flexibility index (Phi) is 2.95. The van der Waals surface area contributed by atoms with Gasteiger partial charge in [-0.25, -0.2) is 4.79 Å². The number of amides is 1. The highest BCUT2D eigenvalue weighted by molar-refractivity contribution is 5.93. The summed E-state index contributed by atoms with van der Waals surface area (Å²) in [5, 5.41) is 9.90. The zero-order valence-corrected chi connectivity index (χ0v) is 8.70. The van der Waals surface area contributed by atoms with Crippen molar-refractivity contribution in [3.63, 3.8) is 0 Å². The second-order valence-electron chi connectivity index (χ2n) is 3.23. The first-order valence-corrected chi connectivity index (χ1v) is 4.83. The van der Waals surface area contributed by atoms with Crippen molar-refractivity contribution in [1.29, 1.82) is 0 Å². The molecule has 0 radical (unpaired) electrons. The minimum Gasteiger partial charge on any atom is -0.507 e. The first kappa shape index (κ1) is 11.0. The van der Waals surface area contributed by atoms with Crippen LogP contribution in [0.25, 0.3) is 0 Å². The molecule has 1 N–H and O–H groups in total. The van der Waals surface area contributed by atoms with E-state index in [1.165, 1.54) is 24.5 Å². The molecule has 1 heterocycles. The highest BCUT2D eigenvalue weighted by Gasteiger charge is 2.23. The minimum atomic E-state index is -0.869. The molecule has 0 saturated carbocycles. The average molecular weight is 235 g/mol. The second-order valence-corrected chi connectivity index (χ2v) is 3.23. The maximum Gasteiger partial charge on any atom is 0.371 e. The topological polar surface area (TPSA) is 76.1 Å². The van der Waals surface area contributed by atoms with Crippen LogP contribution in [0.4, 0.5) is 0 Å². The maximum atomic E-state index is 11.6. The molecule has 0 aliphatic carbocycles. The van der Waals surface area contributed by atoms with Gasteiger partial charge in [0.15, 0.2) is 0 Å². The van der Waals surface area contributed by atoms with Gasteiger partial charge in [0, 0.05) is 5.23 Å². The van der Waals surface area contributed by atoms with Gasteiger partial charge in [0.1, 0.15) is 17.6 Å². The quantitative estimate of drug-likeness (QED) is 0.831. The summed E-state index contributed by atoms with van der Waals surface area (Å²) in [6.45, 7) is 0. The zero-order valence-electron chi connectivity index (χ0n) is 8.70. The fourth-order valence-electron chi connectivity index (χ4n) is 1.22. The molecule has 17 heavy (non-hydrogen) atoms. The van der Waals surface area contributed by atoms with Crippen LogP contribution < -0.4 is 0 Å². The number of carbonyl (C=O) groups excluding carboxylic acids is 2. The highest BCUT2D eigenvalue weighted by Crippen LogP contribution is 2.18. The third-order valence-corrected chi connectivity index (χ3v) is 2.04. The van der Waals surface area contributed by atoms with Crippen LogP contribution in [0, 0.1) is 0 Å².